The van der Waals surface area contributed by atoms with Crippen LogP contribution in [-0.2, 0) is 11.2 Å². The number of aliphatic carboxylic acids is 1. The van der Waals surface area contributed by atoms with Crippen molar-refractivity contribution in [2.45, 2.75) is 12.5 Å². The SMILES string of the molecule is O=C(O)C(Cc1ccccc1)Nc1nc(-c2ccc(Cl)c(Cl)c2)cs1. The molecule has 3 rings (SSSR count). The van der Waals surface area contributed by atoms with Gasteiger partial charge in [0.05, 0.1) is 15.7 Å². The Bertz CT molecular complexity index is 884. The van der Waals surface area contributed by atoms with E-state index in [9.17, 15) is 9.90 Å². The van der Waals surface area contributed by atoms with Gasteiger partial charge in [-0.25, -0.2) is 9.78 Å². The van der Waals surface area contributed by atoms with E-state index in [0.29, 0.717) is 21.6 Å². The minimum absolute atomic E-state index is 0.373. The van der Waals surface area contributed by atoms with E-state index in [1.165, 1.54) is 11.3 Å². The molecule has 1 heterocycles. The van der Waals surface area contributed by atoms with Crippen molar-refractivity contribution >= 4 is 45.6 Å². The number of benzene rings is 2. The van der Waals surface area contributed by atoms with Crippen molar-refractivity contribution in [1.82, 2.24) is 4.98 Å². The molecular weight excluding hydrogens is 379 g/mol. The summed E-state index contributed by atoms with van der Waals surface area (Å²) in [5.41, 5.74) is 2.49. The minimum atomic E-state index is -0.921. The van der Waals surface area contributed by atoms with Gasteiger partial charge in [0.2, 0.25) is 0 Å². The van der Waals surface area contributed by atoms with Crippen molar-refractivity contribution < 1.29 is 9.90 Å². The number of halogens is 2. The van der Waals surface area contributed by atoms with Gasteiger partial charge < -0.3 is 10.4 Å². The molecule has 0 saturated heterocycles. The standard InChI is InChI=1S/C18H14Cl2N2O2S/c19-13-7-6-12(9-14(13)20)16-10-25-18(22-16)21-15(17(23)24)8-11-4-2-1-3-5-11/h1-7,9-10,15H,8H2,(H,21,22)(H,23,24). The first-order valence-corrected chi connectivity index (χ1v) is 9.10. The quantitative estimate of drug-likeness (QED) is 0.603. The van der Waals surface area contributed by atoms with Gasteiger partial charge in [0.25, 0.3) is 0 Å². The minimum Gasteiger partial charge on any atom is -0.480 e. The third kappa shape index (κ3) is 4.51. The van der Waals surface area contributed by atoms with Crippen LogP contribution in [0, 0.1) is 0 Å². The summed E-state index contributed by atoms with van der Waals surface area (Å²) < 4.78 is 0. The third-order valence-electron chi connectivity index (χ3n) is 3.60. The lowest BCUT2D eigenvalue weighted by atomic mass is 10.1. The van der Waals surface area contributed by atoms with E-state index in [-0.39, 0.29) is 0 Å². The first-order chi connectivity index (χ1) is 12.0. The Morgan fingerprint density at radius 2 is 1.92 bits per heavy atom. The predicted octanol–water partition coefficient (Wildman–Crippen LogP) is 5.22. The Labute approximate surface area is 159 Å². The number of aromatic nitrogens is 1. The van der Waals surface area contributed by atoms with E-state index in [1.54, 1.807) is 12.1 Å². The zero-order chi connectivity index (χ0) is 17.8. The molecule has 3 aromatic rings. The van der Waals surface area contributed by atoms with Crippen LogP contribution in [0.1, 0.15) is 5.56 Å². The first-order valence-electron chi connectivity index (χ1n) is 7.47. The third-order valence-corrected chi connectivity index (χ3v) is 5.11. The number of rotatable bonds is 6. The summed E-state index contributed by atoms with van der Waals surface area (Å²) in [6, 6.07) is 14.0. The van der Waals surface area contributed by atoms with Crippen molar-refractivity contribution in [3.63, 3.8) is 0 Å². The molecule has 0 radical (unpaired) electrons. The van der Waals surface area contributed by atoms with Gasteiger partial charge in [-0.05, 0) is 17.7 Å². The number of hydrogen-bond donors (Lipinski definition) is 2. The molecule has 2 aromatic carbocycles. The molecule has 1 unspecified atom stereocenters. The summed E-state index contributed by atoms with van der Waals surface area (Å²) in [4.78, 5) is 16.0. The maximum absolute atomic E-state index is 11.5. The number of thiazole rings is 1. The van der Waals surface area contributed by atoms with Crippen LogP contribution < -0.4 is 5.32 Å². The van der Waals surface area contributed by atoms with E-state index in [4.69, 9.17) is 23.2 Å². The van der Waals surface area contributed by atoms with Crippen LogP contribution in [0.15, 0.2) is 53.9 Å². The van der Waals surface area contributed by atoms with Gasteiger partial charge in [-0.3, -0.25) is 0 Å². The van der Waals surface area contributed by atoms with E-state index >= 15 is 0 Å². The molecule has 0 saturated carbocycles. The summed E-state index contributed by atoms with van der Waals surface area (Å²) in [6.07, 6.45) is 0.373. The van der Waals surface area contributed by atoms with Crippen molar-refractivity contribution in [1.29, 1.82) is 0 Å². The van der Waals surface area contributed by atoms with Crippen LogP contribution in [-0.4, -0.2) is 22.1 Å². The first kappa shape index (κ1) is 17.7. The van der Waals surface area contributed by atoms with E-state index in [1.807, 2.05) is 41.8 Å². The molecule has 0 aliphatic rings. The zero-order valence-electron chi connectivity index (χ0n) is 12.9. The fraction of sp³-hybridized carbons (Fsp3) is 0.111. The largest absolute Gasteiger partial charge is 0.480 e. The molecule has 4 nitrogen and oxygen atoms in total. The molecule has 0 amide bonds. The highest BCUT2D eigenvalue weighted by atomic mass is 35.5. The second-order valence-electron chi connectivity index (χ2n) is 5.39. The maximum Gasteiger partial charge on any atom is 0.326 e. The summed E-state index contributed by atoms with van der Waals surface area (Å²) in [6.45, 7) is 0. The van der Waals surface area contributed by atoms with E-state index < -0.39 is 12.0 Å². The molecule has 25 heavy (non-hydrogen) atoms. The highest BCUT2D eigenvalue weighted by Gasteiger charge is 2.19. The molecule has 1 atom stereocenters. The fourth-order valence-corrected chi connectivity index (χ4v) is 3.40. The van der Waals surface area contributed by atoms with Crippen molar-refractivity contribution in [3.8, 4) is 11.3 Å². The Hall–Kier alpha value is -2.08. The van der Waals surface area contributed by atoms with Gasteiger partial charge in [-0.1, -0.05) is 59.6 Å². The average Bonchev–Trinajstić information content (AvgIpc) is 3.06. The highest BCUT2D eigenvalue weighted by molar-refractivity contribution is 7.14. The maximum atomic E-state index is 11.5. The number of nitrogens with zero attached hydrogens (tertiary/aromatic N) is 1. The fourth-order valence-electron chi connectivity index (χ4n) is 2.33. The van der Waals surface area contributed by atoms with Crippen LogP contribution in [0.2, 0.25) is 10.0 Å². The van der Waals surface area contributed by atoms with Gasteiger partial charge >= 0.3 is 5.97 Å². The Morgan fingerprint density at radius 1 is 1.16 bits per heavy atom. The summed E-state index contributed by atoms with van der Waals surface area (Å²) in [5, 5.41) is 15.8. The van der Waals surface area contributed by atoms with Crippen LogP contribution in [0.3, 0.4) is 0 Å². The lowest BCUT2D eigenvalue weighted by molar-refractivity contribution is -0.137. The molecule has 2 N–H and O–H groups in total. The molecule has 0 aliphatic heterocycles. The molecule has 0 fully saturated rings. The van der Waals surface area contributed by atoms with E-state index in [2.05, 4.69) is 10.3 Å². The monoisotopic (exact) mass is 392 g/mol. The lowest BCUT2D eigenvalue weighted by Gasteiger charge is -2.13. The molecular formula is C18H14Cl2N2O2S. The van der Waals surface area contributed by atoms with Gasteiger partial charge in [-0.2, -0.15) is 0 Å². The summed E-state index contributed by atoms with van der Waals surface area (Å²) in [7, 11) is 0. The molecule has 0 spiro atoms. The Kier molecular flexibility index (Phi) is 5.58. The van der Waals surface area contributed by atoms with Gasteiger partial charge in [0.1, 0.15) is 6.04 Å². The molecule has 128 valence electrons. The van der Waals surface area contributed by atoms with Crippen molar-refractivity contribution in [2.75, 3.05) is 5.32 Å². The molecule has 0 bridgehead atoms. The zero-order valence-corrected chi connectivity index (χ0v) is 15.3. The van der Waals surface area contributed by atoms with Gasteiger partial charge in [0, 0.05) is 17.4 Å². The summed E-state index contributed by atoms with van der Waals surface area (Å²) >= 11 is 13.3. The van der Waals surface area contributed by atoms with Crippen LogP contribution in [0.25, 0.3) is 11.3 Å². The van der Waals surface area contributed by atoms with Crippen LogP contribution >= 0.6 is 34.5 Å². The number of carbonyl (C=O) groups is 1. The van der Waals surface area contributed by atoms with Gasteiger partial charge in [0.15, 0.2) is 5.13 Å². The number of carboxylic acid groups (broad SMARTS) is 1. The topological polar surface area (TPSA) is 62.2 Å². The predicted molar refractivity (Wildman–Crippen MR) is 103 cm³/mol. The smallest absolute Gasteiger partial charge is 0.326 e. The van der Waals surface area contributed by atoms with Crippen molar-refractivity contribution in [2.24, 2.45) is 0 Å². The summed E-state index contributed by atoms with van der Waals surface area (Å²) in [5.74, 6) is -0.921. The highest BCUT2D eigenvalue weighted by Crippen LogP contribution is 2.30. The number of nitrogens with one attached hydrogen (secondary N) is 1. The molecule has 1 aromatic heterocycles. The Morgan fingerprint density at radius 3 is 2.60 bits per heavy atom. The lowest BCUT2D eigenvalue weighted by Crippen LogP contribution is -2.31. The molecule has 7 heteroatoms. The molecule has 0 aliphatic carbocycles. The average molecular weight is 393 g/mol. The van der Waals surface area contributed by atoms with Crippen molar-refractivity contribution in [3.05, 3.63) is 69.5 Å². The van der Waals surface area contributed by atoms with Crippen LogP contribution in [0.4, 0.5) is 5.13 Å². The number of carboxylic acids is 1. The van der Waals surface area contributed by atoms with Crippen LogP contribution in [0.5, 0.6) is 0 Å². The normalized spacial score (nSPS) is 11.9. The number of hydrogen-bond acceptors (Lipinski definition) is 4. The van der Waals surface area contributed by atoms with Gasteiger partial charge in [-0.15, -0.1) is 11.3 Å². The second-order valence-corrected chi connectivity index (χ2v) is 7.06. The number of anilines is 1. The second kappa shape index (κ2) is 7.87. The Balaban J connectivity index is 1.76. The van der Waals surface area contributed by atoms with E-state index in [0.717, 1.165) is 16.8 Å².